The van der Waals surface area contributed by atoms with E-state index in [9.17, 15) is 0 Å². The third kappa shape index (κ3) is 0.556. The van der Waals surface area contributed by atoms with Crippen molar-refractivity contribution in [2.45, 2.75) is 0 Å². The Bertz CT molecular complexity index is 331. The second kappa shape index (κ2) is 1.70. The van der Waals surface area contributed by atoms with E-state index in [-0.39, 0.29) is 0 Å². The first kappa shape index (κ1) is 5.22. The van der Waals surface area contributed by atoms with Gasteiger partial charge in [0.15, 0.2) is 5.52 Å². The van der Waals surface area contributed by atoms with Crippen LogP contribution >= 0.6 is 0 Å². The molecule has 10 heavy (non-hydrogen) atoms. The van der Waals surface area contributed by atoms with Crippen LogP contribution in [0.2, 0.25) is 0 Å². The van der Waals surface area contributed by atoms with Crippen molar-refractivity contribution in [3.63, 3.8) is 0 Å². The molecule has 0 spiro atoms. The highest BCUT2D eigenvalue weighted by Crippen LogP contribution is 2.10. The Morgan fingerprint density at radius 2 is 2.50 bits per heavy atom. The van der Waals surface area contributed by atoms with Gasteiger partial charge in [0.25, 0.3) is 0 Å². The van der Waals surface area contributed by atoms with Crippen LogP contribution in [0.15, 0.2) is 23.5 Å². The van der Waals surface area contributed by atoms with Crippen molar-refractivity contribution >= 4 is 17.3 Å². The Labute approximate surface area is 56.7 Å². The van der Waals surface area contributed by atoms with Crippen molar-refractivity contribution in [2.75, 3.05) is 0 Å². The predicted octanol–water partition coefficient (Wildman–Crippen LogP) is 1.12. The average molecular weight is 135 g/mol. The first-order valence-corrected chi connectivity index (χ1v) is 2.82. The molecule has 2 aromatic heterocycles. The minimum atomic E-state index is 0.680. The minimum absolute atomic E-state index is 0.680. The van der Waals surface area contributed by atoms with Gasteiger partial charge in [-0.25, -0.2) is 0 Å². The molecule has 0 fully saturated rings. The van der Waals surface area contributed by atoms with E-state index in [1.165, 1.54) is 0 Å². The summed E-state index contributed by atoms with van der Waals surface area (Å²) in [4.78, 5) is 0. The minimum Gasteiger partial charge on any atom is -0.335 e. The quantitative estimate of drug-likeness (QED) is 0.588. The van der Waals surface area contributed by atoms with Crippen molar-refractivity contribution in [1.82, 2.24) is 14.9 Å². The Morgan fingerprint density at radius 3 is 3.20 bits per heavy atom. The molecule has 4 heteroatoms. The lowest BCUT2D eigenvalue weighted by Gasteiger charge is -1.83. The maximum atomic E-state index is 4.77. The van der Waals surface area contributed by atoms with Crippen molar-refractivity contribution in [2.24, 2.45) is 0 Å². The van der Waals surface area contributed by atoms with Gasteiger partial charge in [0.2, 0.25) is 5.58 Å². The molecule has 4 nitrogen and oxygen atoms in total. The van der Waals surface area contributed by atoms with Gasteiger partial charge in [0, 0.05) is 17.7 Å². The van der Waals surface area contributed by atoms with Crippen molar-refractivity contribution in [1.29, 1.82) is 0 Å². The normalized spacial score (nSPS) is 10.4. The molecule has 50 valence electrons. The van der Waals surface area contributed by atoms with E-state index in [0.29, 0.717) is 5.58 Å². The zero-order valence-electron chi connectivity index (χ0n) is 5.19. The van der Waals surface area contributed by atoms with Gasteiger partial charge >= 0.3 is 0 Å². The summed E-state index contributed by atoms with van der Waals surface area (Å²) in [7, 11) is 0. The fourth-order valence-corrected chi connectivity index (χ4v) is 0.803. The molecule has 0 aliphatic rings. The van der Waals surface area contributed by atoms with E-state index < -0.39 is 0 Å². The van der Waals surface area contributed by atoms with Crippen LogP contribution in [-0.4, -0.2) is 14.9 Å². The van der Waals surface area contributed by atoms with Gasteiger partial charge in [0.05, 0.1) is 6.20 Å². The maximum absolute atomic E-state index is 4.77. The van der Waals surface area contributed by atoms with Gasteiger partial charge in [-0.05, 0) is 0 Å². The molecule has 0 aliphatic heterocycles. The second-order valence-corrected chi connectivity index (χ2v) is 1.91. The number of hydrogen-bond acceptors (Lipinski definition) is 3. The molecule has 0 radical (unpaired) electrons. The first-order valence-electron chi connectivity index (χ1n) is 2.82. The first-order chi connectivity index (χ1) is 4.90. The monoisotopic (exact) mass is 135 g/mol. The fourth-order valence-electron chi connectivity index (χ4n) is 0.803. The Hall–Kier alpha value is -1.58. The molecule has 0 aliphatic carbocycles. The molecule has 2 rings (SSSR count). The number of rotatable bonds is 1. The molecule has 0 N–H and O–H groups in total. The summed E-state index contributed by atoms with van der Waals surface area (Å²) < 4.78 is 6.54. The van der Waals surface area contributed by atoms with Crippen molar-refractivity contribution in [3.05, 3.63) is 19.0 Å². The lowest BCUT2D eigenvalue weighted by atomic mass is 10.6. The Balaban J connectivity index is 2.78. The summed E-state index contributed by atoms with van der Waals surface area (Å²) in [6.45, 7) is 3.58. The van der Waals surface area contributed by atoms with Gasteiger partial charge in [-0.15, -0.1) is 5.10 Å². The molecule has 0 unspecified atom stereocenters. The molecule has 0 atom stereocenters. The largest absolute Gasteiger partial charge is 0.335 e. The number of nitrogens with zero attached hydrogens (tertiary/aromatic N) is 3. The van der Waals surface area contributed by atoms with Crippen LogP contribution in [0.4, 0.5) is 0 Å². The zero-order valence-corrected chi connectivity index (χ0v) is 5.19. The summed E-state index contributed by atoms with van der Waals surface area (Å²) in [5, 5.41) is 7.07. The molecule has 2 heterocycles. The summed E-state index contributed by atoms with van der Waals surface area (Å²) >= 11 is 0. The third-order valence-corrected chi connectivity index (χ3v) is 1.29. The van der Waals surface area contributed by atoms with Crippen LogP contribution in [0.5, 0.6) is 0 Å². The highest BCUT2D eigenvalue weighted by atomic mass is 16.5. The third-order valence-electron chi connectivity index (χ3n) is 1.29. The van der Waals surface area contributed by atoms with Gasteiger partial charge in [-0.1, -0.05) is 6.58 Å². The summed E-state index contributed by atoms with van der Waals surface area (Å²) in [6, 6.07) is 0. The van der Waals surface area contributed by atoms with E-state index in [1.807, 2.05) is 0 Å². The van der Waals surface area contributed by atoms with E-state index in [0.717, 1.165) is 5.52 Å². The molecular formula is C6H5N3O. The zero-order chi connectivity index (χ0) is 6.97. The molecule has 0 aromatic carbocycles. The lowest BCUT2D eigenvalue weighted by molar-refractivity contribution is 0.423. The van der Waals surface area contributed by atoms with Gasteiger partial charge in [-0.3, -0.25) is 0 Å². The van der Waals surface area contributed by atoms with Gasteiger partial charge in [0.1, 0.15) is 0 Å². The molecule has 2 aromatic rings. The Kier molecular flexibility index (Phi) is 0.887. The number of fused-ring (bicyclic) bond motifs is 1. The van der Waals surface area contributed by atoms with E-state index in [2.05, 4.69) is 16.9 Å². The fraction of sp³-hybridized carbons (Fsp3) is 0. The van der Waals surface area contributed by atoms with Gasteiger partial charge in [-0.2, -0.15) is 0 Å². The molecule has 0 saturated heterocycles. The SMILES string of the molecule is C=Cn1cc2nnoc2c1. The van der Waals surface area contributed by atoms with E-state index in [1.54, 1.807) is 23.2 Å². The van der Waals surface area contributed by atoms with Crippen LogP contribution in [0.25, 0.3) is 17.3 Å². The predicted molar refractivity (Wildman–Crippen MR) is 36.2 cm³/mol. The van der Waals surface area contributed by atoms with Crippen molar-refractivity contribution in [3.8, 4) is 0 Å². The van der Waals surface area contributed by atoms with Crippen LogP contribution in [0, 0.1) is 0 Å². The summed E-state index contributed by atoms with van der Waals surface area (Å²) in [6.07, 6.45) is 5.22. The van der Waals surface area contributed by atoms with Crippen LogP contribution in [0.3, 0.4) is 0 Å². The second-order valence-electron chi connectivity index (χ2n) is 1.91. The van der Waals surface area contributed by atoms with Crippen LogP contribution in [0.1, 0.15) is 0 Å². The molecule has 0 amide bonds. The van der Waals surface area contributed by atoms with E-state index in [4.69, 9.17) is 4.52 Å². The molecule has 0 bridgehead atoms. The van der Waals surface area contributed by atoms with Crippen molar-refractivity contribution < 1.29 is 4.52 Å². The summed E-state index contributed by atoms with van der Waals surface area (Å²) in [5.74, 6) is 0. The van der Waals surface area contributed by atoms with Gasteiger partial charge < -0.3 is 9.09 Å². The van der Waals surface area contributed by atoms with Crippen LogP contribution < -0.4 is 0 Å². The Morgan fingerprint density at radius 1 is 1.60 bits per heavy atom. The lowest BCUT2D eigenvalue weighted by Crippen LogP contribution is -1.75. The topological polar surface area (TPSA) is 43.9 Å². The number of aromatic nitrogens is 3. The molecule has 0 saturated carbocycles. The standard InChI is InChI=1S/C6H5N3O/c1-2-9-3-5-6(4-9)10-8-7-5/h2-4H,1H2. The number of hydrogen-bond donors (Lipinski definition) is 0. The highest BCUT2D eigenvalue weighted by Gasteiger charge is 2.00. The van der Waals surface area contributed by atoms with E-state index >= 15 is 0 Å². The van der Waals surface area contributed by atoms with Crippen LogP contribution in [-0.2, 0) is 0 Å². The molecular weight excluding hydrogens is 130 g/mol. The maximum Gasteiger partial charge on any atom is 0.205 e. The summed E-state index contributed by atoms with van der Waals surface area (Å²) in [5.41, 5.74) is 1.43. The highest BCUT2D eigenvalue weighted by molar-refractivity contribution is 5.71. The smallest absolute Gasteiger partial charge is 0.205 e. The average Bonchev–Trinajstić information content (AvgIpc) is 2.42.